The van der Waals surface area contributed by atoms with Crippen molar-refractivity contribution in [1.82, 2.24) is 4.58 Å². The largest absolute Gasteiger partial charge is 1.00 e. The van der Waals surface area contributed by atoms with Gasteiger partial charge in [-0.05, 0) is 56.5 Å². The minimum absolute atomic E-state index is 0. The second-order valence-electron chi connectivity index (χ2n) is 8.36. The first-order valence-electron chi connectivity index (χ1n) is 11.9. The zero-order valence-electron chi connectivity index (χ0n) is 20.4. The van der Waals surface area contributed by atoms with Crippen LogP contribution in [0.25, 0.3) is 33.4 Å². The first-order valence-corrected chi connectivity index (χ1v) is 11.9. The van der Waals surface area contributed by atoms with Gasteiger partial charge in [0, 0.05) is 22.6 Å². The van der Waals surface area contributed by atoms with E-state index in [-0.39, 0.29) is 18.4 Å². The molecule has 0 saturated heterocycles. The third kappa shape index (κ3) is 5.02. The smallest absolute Gasteiger partial charge is 0.338 e. The molecule has 0 amide bonds. The fourth-order valence-electron chi connectivity index (χ4n) is 4.33. The van der Waals surface area contributed by atoms with Crippen LogP contribution in [0.2, 0.25) is 0 Å². The van der Waals surface area contributed by atoms with Crippen molar-refractivity contribution >= 4 is 16.9 Å². The van der Waals surface area contributed by atoms with Gasteiger partial charge in [-0.25, -0.2) is 9.37 Å². The molecule has 0 atom stereocenters. The number of ether oxygens (including phenoxy) is 1. The maximum Gasteiger partial charge on any atom is 0.338 e. The predicted octanol–water partition coefficient (Wildman–Crippen LogP) is 3.29. The number of rotatable bonds is 7. The van der Waals surface area contributed by atoms with E-state index in [1.54, 1.807) is 0 Å². The number of carbonyl (C=O) groups excluding carboxylic acids is 1. The molecule has 0 bridgehead atoms. The Bertz CT molecular complexity index is 1330. The summed E-state index contributed by atoms with van der Waals surface area (Å²) in [5, 5.41) is 2.11. The van der Waals surface area contributed by atoms with Crippen molar-refractivity contribution in [2.45, 2.75) is 40.5 Å². The Labute approximate surface area is 207 Å². The van der Waals surface area contributed by atoms with E-state index in [9.17, 15) is 4.79 Å². The van der Waals surface area contributed by atoms with Gasteiger partial charge in [0.05, 0.1) is 18.2 Å². The van der Waals surface area contributed by atoms with Crippen LogP contribution in [-0.2, 0) is 4.74 Å². The lowest BCUT2D eigenvalue weighted by atomic mass is 9.90. The van der Waals surface area contributed by atoms with Gasteiger partial charge in [-0.15, -0.1) is 0 Å². The molecule has 1 aliphatic carbocycles. The zero-order valence-corrected chi connectivity index (χ0v) is 21.1. The summed E-state index contributed by atoms with van der Waals surface area (Å²) in [5.74, 6) is 0.523. The fraction of sp³-hybridized carbons (Fsp3) is 0.310. The second kappa shape index (κ2) is 11.3. The molecule has 2 aromatic rings. The average molecular weight is 478 g/mol. The number of carbonyl (C=O) groups is 1. The van der Waals surface area contributed by atoms with Gasteiger partial charge >= 0.3 is 5.97 Å². The van der Waals surface area contributed by atoms with Crippen LogP contribution in [0.1, 0.15) is 49.5 Å². The molecule has 4 nitrogen and oxygen atoms in total. The summed E-state index contributed by atoms with van der Waals surface area (Å²) in [6, 6.07) is 20.3. The number of aryl methyl sites for hydroxylation is 1. The fourth-order valence-corrected chi connectivity index (χ4v) is 4.33. The van der Waals surface area contributed by atoms with Crippen molar-refractivity contribution in [3.63, 3.8) is 0 Å². The van der Waals surface area contributed by atoms with Gasteiger partial charge in [0.15, 0.2) is 0 Å². The highest BCUT2D eigenvalue weighted by Gasteiger charge is 2.22. The van der Waals surface area contributed by atoms with Crippen LogP contribution >= 0.6 is 0 Å². The molecule has 0 saturated carbocycles. The predicted molar refractivity (Wildman–Crippen MR) is 135 cm³/mol. The molecular weight excluding hydrogens is 446 g/mol. The number of benzene rings is 3. The van der Waals surface area contributed by atoms with E-state index in [0.29, 0.717) is 12.2 Å². The van der Waals surface area contributed by atoms with E-state index >= 15 is 0 Å². The van der Waals surface area contributed by atoms with Gasteiger partial charge < -0.3 is 21.6 Å². The van der Waals surface area contributed by atoms with E-state index in [2.05, 4.69) is 68.7 Å². The van der Waals surface area contributed by atoms with E-state index in [1.165, 1.54) is 0 Å². The normalized spacial score (nSPS) is 10.8. The standard InChI is InChI=1S/C29H32NO3.ClH/c1-5-8-17-32-29(31)23-12-10-9-11-22(23)28-24-15-13-20(4)18-26(24)33-27-19-21(14-16-25(27)28)30(6-2)7-3;/h9-16,18-19H,5-8,17H2,1-4H3;1H/q+1;/p-1. The minimum Gasteiger partial charge on any atom is -1.00 e. The molecule has 0 spiro atoms. The molecule has 2 aliphatic rings. The van der Waals surface area contributed by atoms with Gasteiger partial charge in [0.2, 0.25) is 5.36 Å². The van der Waals surface area contributed by atoms with Crippen molar-refractivity contribution in [2.24, 2.45) is 0 Å². The number of halogens is 1. The number of hydrogen-bond donors (Lipinski definition) is 0. The molecule has 5 heteroatoms. The number of fused-ring (bicyclic) bond motifs is 2. The Balaban J connectivity index is 0.00000324. The zero-order chi connectivity index (χ0) is 23.4. The number of unbranched alkanes of at least 4 members (excludes halogenated alkanes) is 1. The first-order chi connectivity index (χ1) is 16.1. The molecular formula is C29H32ClNO3. The Morgan fingerprint density at radius 2 is 1.71 bits per heavy atom. The highest BCUT2D eigenvalue weighted by molar-refractivity contribution is 6.07. The lowest BCUT2D eigenvalue weighted by Gasteiger charge is -2.17. The molecule has 0 radical (unpaired) electrons. The van der Waals surface area contributed by atoms with E-state index in [0.717, 1.165) is 70.3 Å². The van der Waals surface area contributed by atoms with E-state index < -0.39 is 0 Å². The number of esters is 1. The van der Waals surface area contributed by atoms with Crippen LogP contribution in [-0.4, -0.2) is 25.7 Å². The average Bonchev–Trinajstić information content (AvgIpc) is 2.83. The summed E-state index contributed by atoms with van der Waals surface area (Å²) in [6.07, 6.45) is 1.84. The number of hydrogen-bond acceptors (Lipinski definition) is 3. The Kier molecular flexibility index (Phi) is 8.51. The minimum atomic E-state index is -0.284. The molecule has 0 N–H and O–H groups in total. The topological polar surface area (TPSA) is 42.5 Å². The summed E-state index contributed by atoms with van der Waals surface area (Å²) in [5.41, 5.74) is 5.36. The Morgan fingerprint density at radius 3 is 2.44 bits per heavy atom. The molecule has 1 heterocycles. The molecule has 0 fully saturated rings. The molecule has 34 heavy (non-hydrogen) atoms. The van der Waals surface area contributed by atoms with Gasteiger partial charge in [-0.1, -0.05) is 43.7 Å². The highest BCUT2D eigenvalue weighted by Crippen LogP contribution is 2.41. The molecule has 2 aromatic carbocycles. The summed E-state index contributed by atoms with van der Waals surface area (Å²) in [7, 11) is 0. The van der Waals surface area contributed by atoms with E-state index in [4.69, 9.17) is 9.15 Å². The van der Waals surface area contributed by atoms with Crippen LogP contribution in [0, 0.1) is 6.92 Å². The summed E-state index contributed by atoms with van der Waals surface area (Å²) in [6.45, 7) is 10.7. The molecule has 4 rings (SSSR count). The van der Waals surface area contributed by atoms with Crippen molar-refractivity contribution in [2.75, 3.05) is 19.7 Å². The van der Waals surface area contributed by atoms with Crippen LogP contribution in [0.3, 0.4) is 0 Å². The van der Waals surface area contributed by atoms with Gasteiger partial charge in [0.1, 0.15) is 24.4 Å². The molecule has 0 aromatic heterocycles. The van der Waals surface area contributed by atoms with Crippen LogP contribution in [0.5, 0.6) is 0 Å². The monoisotopic (exact) mass is 477 g/mol. The maximum atomic E-state index is 13.0. The van der Waals surface area contributed by atoms with Crippen LogP contribution in [0.4, 0.5) is 0 Å². The van der Waals surface area contributed by atoms with Gasteiger partial charge in [0.25, 0.3) is 0 Å². The Hall–Kier alpha value is -3.11. The Morgan fingerprint density at radius 1 is 0.941 bits per heavy atom. The van der Waals surface area contributed by atoms with Crippen molar-refractivity contribution < 1.29 is 26.4 Å². The first kappa shape index (κ1) is 25.5. The molecule has 1 aliphatic heterocycles. The van der Waals surface area contributed by atoms with Crippen LogP contribution < -0.4 is 22.3 Å². The summed E-state index contributed by atoms with van der Waals surface area (Å²) >= 11 is 0. The molecule has 178 valence electrons. The highest BCUT2D eigenvalue weighted by atomic mass is 35.5. The lowest BCUT2D eigenvalue weighted by Crippen LogP contribution is -3.00. The van der Waals surface area contributed by atoms with E-state index in [1.807, 2.05) is 24.3 Å². The van der Waals surface area contributed by atoms with Crippen molar-refractivity contribution in [3.8, 4) is 22.5 Å². The maximum absolute atomic E-state index is 13.0. The summed E-state index contributed by atoms with van der Waals surface area (Å²) in [4.78, 5) is 13.0. The quantitative estimate of drug-likeness (QED) is 0.177. The van der Waals surface area contributed by atoms with Crippen LogP contribution in [0.15, 0.2) is 65.1 Å². The number of nitrogens with zero attached hydrogens (tertiary/aromatic N) is 1. The van der Waals surface area contributed by atoms with Crippen molar-refractivity contribution in [3.05, 3.63) is 77.1 Å². The third-order valence-corrected chi connectivity index (χ3v) is 6.14. The lowest BCUT2D eigenvalue weighted by molar-refractivity contribution is -0.0000257. The van der Waals surface area contributed by atoms with Gasteiger partial charge in [-0.3, -0.25) is 0 Å². The molecule has 0 unspecified atom stereocenters. The SMILES string of the molecule is CCCCOC(=O)c1ccccc1-c1c2ccc(=[N+](CC)CC)cc-2oc2cc(C)ccc12.[Cl-]. The third-order valence-electron chi connectivity index (χ3n) is 6.14. The van der Waals surface area contributed by atoms with Crippen molar-refractivity contribution in [1.29, 1.82) is 0 Å². The second-order valence-corrected chi connectivity index (χ2v) is 8.36. The summed E-state index contributed by atoms with van der Waals surface area (Å²) < 4.78 is 14.3. The van der Waals surface area contributed by atoms with Gasteiger partial charge in [-0.2, -0.15) is 0 Å².